The number of anilines is 2. The van der Waals surface area contributed by atoms with Crippen molar-refractivity contribution in [1.82, 2.24) is 15.0 Å². The highest BCUT2D eigenvalue weighted by atomic mass is 19.4. The first kappa shape index (κ1) is 22.3. The van der Waals surface area contributed by atoms with Gasteiger partial charge < -0.3 is 10.2 Å². The fraction of sp³-hybridized carbons (Fsp3) is 0.227. The van der Waals surface area contributed by atoms with E-state index in [9.17, 15) is 27.2 Å². The van der Waals surface area contributed by atoms with Gasteiger partial charge in [0, 0.05) is 23.1 Å². The molecule has 1 N–H and O–H groups in total. The fourth-order valence-corrected chi connectivity index (χ4v) is 3.68. The van der Waals surface area contributed by atoms with Gasteiger partial charge >= 0.3 is 6.18 Å². The molecule has 33 heavy (non-hydrogen) atoms. The Labute approximate surface area is 185 Å². The van der Waals surface area contributed by atoms with E-state index in [4.69, 9.17) is 0 Å². The maximum absolute atomic E-state index is 14.9. The minimum absolute atomic E-state index is 0.00349. The van der Waals surface area contributed by atoms with Gasteiger partial charge in [-0.15, -0.1) is 0 Å². The summed E-state index contributed by atoms with van der Waals surface area (Å²) < 4.78 is 53.2. The molecule has 7 nitrogen and oxygen atoms in total. The van der Waals surface area contributed by atoms with Crippen molar-refractivity contribution in [1.29, 1.82) is 0 Å². The molecular weight excluding hydrogens is 442 g/mol. The number of carbonyl (C=O) groups excluding carboxylic acids is 2. The number of hydrogen-bond donors (Lipinski definition) is 1. The Hall–Kier alpha value is -3.89. The molecule has 2 aromatic heterocycles. The van der Waals surface area contributed by atoms with E-state index >= 15 is 0 Å². The second-order valence-electron chi connectivity index (χ2n) is 7.54. The molecular formula is C22H17F4N5O2. The molecule has 170 valence electrons. The van der Waals surface area contributed by atoms with Crippen LogP contribution in [-0.2, 0) is 15.8 Å². The highest BCUT2D eigenvalue weighted by Crippen LogP contribution is 2.41. The van der Waals surface area contributed by atoms with Crippen LogP contribution in [0.4, 0.5) is 28.9 Å². The zero-order valence-corrected chi connectivity index (χ0v) is 17.4. The number of pyridine rings is 1. The van der Waals surface area contributed by atoms with Crippen LogP contribution in [0.1, 0.15) is 29.8 Å². The first-order valence-corrected chi connectivity index (χ1v) is 9.82. The summed E-state index contributed by atoms with van der Waals surface area (Å²) in [7, 11) is 0. The number of alkyl halides is 3. The average Bonchev–Trinajstić information content (AvgIpc) is 2.83. The number of carbonyl (C=O) groups is 2. The number of halogens is 4. The number of nitrogens with zero attached hydrogens (tertiary/aromatic N) is 4. The predicted octanol–water partition coefficient (Wildman–Crippen LogP) is 4.09. The number of aromatic nitrogens is 3. The standard InChI is InChI=1S/C22H17F4N5O2/c1-11-7-16-18(20(23)29-11)15-8-27-10-28-19(15)12(2)21(33)31(16)9-17(32)30-14-5-3-13(4-6-14)22(24,25)26/h3-8,10,12H,9H2,1-2H3,(H,30,32). The predicted molar refractivity (Wildman–Crippen MR) is 111 cm³/mol. The topological polar surface area (TPSA) is 88.1 Å². The smallest absolute Gasteiger partial charge is 0.325 e. The van der Waals surface area contributed by atoms with Crippen LogP contribution in [-0.4, -0.2) is 33.3 Å². The van der Waals surface area contributed by atoms with Gasteiger partial charge in [0.2, 0.25) is 17.8 Å². The summed E-state index contributed by atoms with van der Waals surface area (Å²) >= 11 is 0. The number of rotatable bonds is 3. The van der Waals surface area contributed by atoms with Crippen LogP contribution in [0.15, 0.2) is 42.9 Å². The molecule has 0 saturated carbocycles. The van der Waals surface area contributed by atoms with E-state index in [1.54, 1.807) is 13.8 Å². The van der Waals surface area contributed by atoms with E-state index in [1.807, 2.05) is 0 Å². The van der Waals surface area contributed by atoms with E-state index in [2.05, 4.69) is 20.3 Å². The molecule has 2 amide bonds. The third-order valence-corrected chi connectivity index (χ3v) is 5.23. The van der Waals surface area contributed by atoms with Gasteiger partial charge in [0.05, 0.1) is 28.4 Å². The van der Waals surface area contributed by atoms with E-state index in [-0.39, 0.29) is 16.9 Å². The van der Waals surface area contributed by atoms with Crippen LogP contribution < -0.4 is 10.2 Å². The largest absolute Gasteiger partial charge is 0.416 e. The molecule has 0 bridgehead atoms. The van der Waals surface area contributed by atoms with Gasteiger partial charge in [-0.3, -0.25) is 9.59 Å². The Morgan fingerprint density at radius 1 is 1.21 bits per heavy atom. The molecule has 3 heterocycles. The van der Waals surface area contributed by atoms with Crippen molar-refractivity contribution in [2.45, 2.75) is 25.9 Å². The quantitative estimate of drug-likeness (QED) is 0.471. The van der Waals surface area contributed by atoms with Gasteiger partial charge in [0.1, 0.15) is 12.9 Å². The minimum Gasteiger partial charge on any atom is -0.325 e. The zero-order chi connectivity index (χ0) is 23.9. The fourth-order valence-electron chi connectivity index (χ4n) is 3.68. The first-order valence-electron chi connectivity index (χ1n) is 9.82. The third-order valence-electron chi connectivity index (χ3n) is 5.23. The summed E-state index contributed by atoms with van der Waals surface area (Å²) in [6.07, 6.45) is -1.87. The van der Waals surface area contributed by atoms with Crippen molar-refractivity contribution in [3.63, 3.8) is 0 Å². The van der Waals surface area contributed by atoms with Crippen LogP contribution in [0.25, 0.3) is 11.1 Å². The molecule has 0 spiro atoms. The van der Waals surface area contributed by atoms with Crippen molar-refractivity contribution in [2.75, 3.05) is 16.8 Å². The third kappa shape index (κ3) is 4.26. The lowest BCUT2D eigenvalue weighted by Crippen LogP contribution is -2.40. The monoisotopic (exact) mass is 459 g/mol. The van der Waals surface area contributed by atoms with Gasteiger partial charge in [-0.25, -0.2) is 15.0 Å². The van der Waals surface area contributed by atoms with Gasteiger partial charge in [0.15, 0.2) is 0 Å². The Balaban J connectivity index is 1.68. The molecule has 4 rings (SSSR count). The second kappa shape index (κ2) is 8.23. The molecule has 1 aliphatic rings. The lowest BCUT2D eigenvalue weighted by atomic mass is 9.99. The van der Waals surface area contributed by atoms with Crippen molar-refractivity contribution >= 4 is 23.2 Å². The summed E-state index contributed by atoms with van der Waals surface area (Å²) in [4.78, 5) is 39.0. The molecule has 1 unspecified atom stereocenters. The van der Waals surface area contributed by atoms with Crippen molar-refractivity contribution in [3.05, 3.63) is 65.8 Å². The summed E-state index contributed by atoms with van der Waals surface area (Å²) in [5, 5.41) is 2.47. The molecule has 1 aliphatic heterocycles. The summed E-state index contributed by atoms with van der Waals surface area (Å²) in [6.45, 7) is 2.63. The van der Waals surface area contributed by atoms with Crippen molar-refractivity contribution in [3.8, 4) is 11.1 Å². The SMILES string of the molecule is Cc1cc2c(c(F)n1)-c1cncnc1C(C)C(=O)N2CC(=O)Nc1ccc(C(F)(F)F)cc1. The van der Waals surface area contributed by atoms with Crippen molar-refractivity contribution < 1.29 is 27.2 Å². The summed E-state index contributed by atoms with van der Waals surface area (Å²) in [5.41, 5.74) is 0.276. The maximum Gasteiger partial charge on any atom is 0.416 e. The number of amides is 2. The number of nitrogens with one attached hydrogen (secondary N) is 1. The van der Waals surface area contributed by atoms with E-state index in [1.165, 1.54) is 18.6 Å². The van der Waals surface area contributed by atoms with E-state index < -0.39 is 42.0 Å². The maximum atomic E-state index is 14.9. The van der Waals surface area contributed by atoms with Crippen LogP contribution in [0.2, 0.25) is 0 Å². The van der Waals surface area contributed by atoms with Gasteiger partial charge in [-0.05, 0) is 44.2 Å². The van der Waals surface area contributed by atoms with Crippen LogP contribution >= 0.6 is 0 Å². The molecule has 0 radical (unpaired) electrons. The summed E-state index contributed by atoms with van der Waals surface area (Å²) in [6, 6.07) is 5.38. The molecule has 3 aromatic rings. The van der Waals surface area contributed by atoms with Crippen LogP contribution in [0.3, 0.4) is 0 Å². The molecule has 0 aliphatic carbocycles. The van der Waals surface area contributed by atoms with Gasteiger partial charge in [-0.2, -0.15) is 17.6 Å². The number of hydrogen-bond acceptors (Lipinski definition) is 5. The highest BCUT2D eigenvalue weighted by molar-refractivity contribution is 6.09. The lowest BCUT2D eigenvalue weighted by Gasteiger charge is -2.24. The minimum atomic E-state index is -4.51. The highest BCUT2D eigenvalue weighted by Gasteiger charge is 2.36. The molecule has 0 saturated heterocycles. The number of aryl methyl sites for hydroxylation is 1. The average molecular weight is 459 g/mol. The van der Waals surface area contributed by atoms with Gasteiger partial charge in [0.25, 0.3) is 0 Å². The van der Waals surface area contributed by atoms with Gasteiger partial charge in [-0.1, -0.05) is 0 Å². The van der Waals surface area contributed by atoms with Crippen LogP contribution in [0.5, 0.6) is 0 Å². The molecule has 0 fully saturated rings. The normalized spacial score (nSPS) is 15.5. The van der Waals surface area contributed by atoms with E-state index in [0.717, 1.165) is 29.2 Å². The summed E-state index contributed by atoms with van der Waals surface area (Å²) in [5.74, 6) is -2.82. The lowest BCUT2D eigenvalue weighted by molar-refractivity contribution is -0.137. The Morgan fingerprint density at radius 3 is 2.58 bits per heavy atom. The Bertz CT molecular complexity index is 1240. The Kier molecular flexibility index (Phi) is 5.56. The Morgan fingerprint density at radius 2 is 1.91 bits per heavy atom. The second-order valence-corrected chi connectivity index (χ2v) is 7.54. The van der Waals surface area contributed by atoms with Crippen LogP contribution in [0, 0.1) is 12.9 Å². The first-order chi connectivity index (χ1) is 15.6. The molecule has 1 aromatic carbocycles. The number of fused-ring (bicyclic) bond motifs is 3. The zero-order valence-electron chi connectivity index (χ0n) is 17.4. The number of benzene rings is 1. The van der Waals surface area contributed by atoms with E-state index in [0.29, 0.717) is 17.0 Å². The van der Waals surface area contributed by atoms with Crippen molar-refractivity contribution in [2.24, 2.45) is 0 Å². The molecule has 11 heteroatoms. The molecule has 1 atom stereocenters.